The van der Waals surface area contributed by atoms with Crippen LogP contribution >= 0.6 is 0 Å². The van der Waals surface area contributed by atoms with Gasteiger partial charge in [0.1, 0.15) is 0 Å². The zero-order valence-electron chi connectivity index (χ0n) is 8.50. The lowest BCUT2D eigenvalue weighted by atomic mass is 10.0. The monoisotopic (exact) mass is 204 g/mol. The Morgan fingerprint density at radius 1 is 1.29 bits per heavy atom. The van der Waals surface area contributed by atoms with Crippen LogP contribution in [0.5, 0.6) is 0 Å². The minimum absolute atomic E-state index is 0.567. The van der Waals surface area contributed by atoms with Crippen LogP contribution in [0.1, 0.15) is 27.2 Å². The summed E-state index contributed by atoms with van der Waals surface area (Å²) in [5.74, 6) is -2.64. The van der Waals surface area contributed by atoms with E-state index in [1.54, 1.807) is 20.8 Å². The fourth-order valence-corrected chi connectivity index (χ4v) is 1.08. The van der Waals surface area contributed by atoms with Crippen LogP contribution in [-0.2, 0) is 9.59 Å². The number of carboxylic acids is 2. The Morgan fingerprint density at radius 2 is 1.71 bits per heavy atom. The molecule has 0 aromatic carbocycles. The van der Waals surface area contributed by atoms with Crippen LogP contribution in [-0.4, -0.2) is 33.4 Å². The molecule has 0 amide bonds. The molecule has 0 aliphatic rings. The Bertz CT molecular complexity index is 246. The van der Waals surface area contributed by atoms with Gasteiger partial charge in [-0.3, -0.25) is 10.1 Å². The first-order valence-electron chi connectivity index (χ1n) is 4.10. The molecule has 0 rings (SSSR count). The largest absolute Gasteiger partial charge is 0.481 e. The molecule has 0 aromatic rings. The Morgan fingerprint density at radius 3 is 1.93 bits per heavy atom. The number of nitrogens with one attached hydrogen (secondary N) is 1. The van der Waals surface area contributed by atoms with Crippen molar-refractivity contribution in [3.63, 3.8) is 0 Å². The average Bonchev–Trinajstić information content (AvgIpc) is 1.79. The lowest BCUT2D eigenvalue weighted by molar-refractivity contribution is -0.152. The molecule has 6 nitrogen and oxygen atoms in total. The van der Waals surface area contributed by atoms with Gasteiger partial charge in [-0.2, -0.15) is 0 Å². The fraction of sp³-hybridized carbons (Fsp3) is 0.750. The van der Waals surface area contributed by atoms with E-state index < -0.39 is 29.6 Å². The van der Waals surface area contributed by atoms with E-state index in [0.29, 0.717) is 0 Å². The summed E-state index contributed by atoms with van der Waals surface area (Å²) < 4.78 is 0. The third kappa shape index (κ3) is 4.20. The maximum atomic E-state index is 10.8. The summed E-state index contributed by atoms with van der Waals surface area (Å²) in [6.45, 7) is 5.12. The van der Waals surface area contributed by atoms with Crippen LogP contribution in [0, 0.1) is 0 Å². The van der Waals surface area contributed by atoms with Gasteiger partial charge in [-0.25, -0.2) is 4.79 Å². The van der Waals surface area contributed by atoms with Crippen molar-refractivity contribution in [2.45, 2.75) is 38.4 Å². The molecule has 0 bridgehead atoms. The zero-order valence-corrected chi connectivity index (χ0v) is 8.50. The summed E-state index contributed by atoms with van der Waals surface area (Å²) in [6, 6.07) is 0. The van der Waals surface area contributed by atoms with Crippen LogP contribution in [0.2, 0.25) is 0 Å². The maximum Gasteiger partial charge on any atom is 0.339 e. The van der Waals surface area contributed by atoms with E-state index in [1.807, 2.05) is 0 Å². The van der Waals surface area contributed by atoms with Crippen molar-refractivity contribution in [2.24, 2.45) is 5.73 Å². The summed E-state index contributed by atoms with van der Waals surface area (Å²) >= 11 is 0. The number of aliphatic carboxylic acids is 2. The quantitative estimate of drug-likeness (QED) is 0.463. The van der Waals surface area contributed by atoms with Crippen LogP contribution in [0.4, 0.5) is 0 Å². The summed E-state index contributed by atoms with van der Waals surface area (Å²) in [5, 5.41) is 19.9. The molecule has 82 valence electrons. The normalized spacial score (nSPS) is 16.0. The first-order valence-corrected chi connectivity index (χ1v) is 4.10. The molecule has 0 saturated carbocycles. The molecule has 0 fully saturated rings. The topological polar surface area (TPSA) is 113 Å². The van der Waals surface area contributed by atoms with Gasteiger partial charge in [0.25, 0.3) is 0 Å². The van der Waals surface area contributed by atoms with E-state index in [-0.39, 0.29) is 0 Å². The van der Waals surface area contributed by atoms with Gasteiger partial charge in [-0.15, -0.1) is 0 Å². The van der Waals surface area contributed by atoms with E-state index in [0.717, 1.165) is 0 Å². The van der Waals surface area contributed by atoms with Crippen LogP contribution in [0.25, 0.3) is 0 Å². The molecule has 14 heavy (non-hydrogen) atoms. The minimum atomic E-state index is -1.93. The molecule has 0 unspecified atom stereocenters. The van der Waals surface area contributed by atoms with Gasteiger partial charge in [0, 0.05) is 5.54 Å². The standard InChI is InChI=1S/C8H16N2O4/c1-7(2,3)10-8(9,6(13)14)4-5(11)12/h10H,4,9H2,1-3H3,(H,11,12)(H,13,14)/t8-/m1/s1. The number of carbonyl (C=O) groups is 2. The molecule has 6 heteroatoms. The molecule has 0 spiro atoms. The molecular formula is C8H16N2O4. The second kappa shape index (κ2) is 3.93. The summed E-state index contributed by atoms with van der Waals surface area (Å²) in [6.07, 6.45) is -0.667. The maximum absolute atomic E-state index is 10.8. The smallest absolute Gasteiger partial charge is 0.339 e. The molecule has 0 radical (unpaired) electrons. The van der Waals surface area contributed by atoms with Gasteiger partial charge in [-0.1, -0.05) is 0 Å². The average molecular weight is 204 g/mol. The number of hydrogen-bond acceptors (Lipinski definition) is 4. The Balaban J connectivity index is 4.73. The lowest BCUT2D eigenvalue weighted by Gasteiger charge is -2.32. The van der Waals surface area contributed by atoms with Crippen molar-refractivity contribution in [1.29, 1.82) is 0 Å². The first-order chi connectivity index (χ1) is 6.07. The van der Waals surface area contributed by atoms with Crippen molar-refractivity contribution in [3.8, 4) is 0 Å². The van der Waals surface area contributed by atoms with Gasteiger partial charge in [-0.05, 0) is 20.8 Å². The highest BCUT2D eigenvalue weighted by atomic mass is 16.4. The Kier molecular flexibility index (Phi) is 3.61. The van der Waals surface area contributed by atoms with E-state index in [2.05, 4.69) is 5.32 Å². The van der Waals surface area contributed by atoms with Gasteiger partial charge in [0.05, 0.1) is 6.42 Å². The molecular weight excluding hydrogens is 188 g/mol. The molecule has 0 aliphatic carbocycles. The van der Waals surface area contributed by atoms with Crippen molar-refractivity contribution in [3.05, 3.63) is 0 Å². The molecule has 0 aromatic heterocycles. The number of hydrogen-bond donors (Lipinski definition) is 4. The van der Waals surface area contributed by atoms with E-state index >= 15 is 0 Å². The third-order valence-electron chi connectivity index (χ3n) is 1.41. The second-order valence-electron chi connectivity index (χ2n) is 4.22. The predicted octanol–water partition coefficient (Wildman–Crippen LogP) is -0.411. The van der Waals surface area contributed by atoms with Crippen LogP contribution in [0.15, 0.2) is 0 Å². The molecule has 0 saturated heterocycles. The lowest BCUT2D eigenvalue weighted by Crippen LogP contribution is -2.65. The summed E-state index contributed by atoms with van der Waals surface area (Å²) in [7, 11) is 0. The van der Waals surface area contributed by atoms with Gasteiger partial charge >= 0.3 is 11.9 Å². The highest BCUT2D eigenvalue weighted by Gasteiger charge is 2.39. The molecule has 0 heterocycles. The highest BCUT2D eigenvalue weighted by molar-refractivity contribution is 5.84. The highest BCUT2D eigenvalue weighted by Crippen LogP contribution is 2.10. The third-order valence-corrected chi connectivity index (χ3v) is 1.41. The number of carboxylic acid groups (broad SMARTS) is 2. The van der Waals surface area contributed by atoms with Gasteiger partial charge in [0.15, 0.2) is 5.66 Å². The van der Waals surface area contributed by atoms with Crippen molar-refractivity contribution >= 4 is 11.9 Å². The zero-order chi connectivity index (χ0) is 11.6. The number of nitrogens with two attached hydrogens (primary N) is 1. The number of rotatable bonds is 4. The first kappa shape index (κ1) is 12.9. The van der Waals surface area contributed by atoms with E-state index in [1.165, 1.54) is 0 Å². The van der Waals surface area contributed by atoms with Crippen molar-refractivity contribution in [2.75, 3.05) is 0 Å². The molecule has 5 N–H and O–H groups in total. The van der Waals surface area contributed by atoms with Crippen molar-refractivity contribution in [1.82, 2.24) is 5.32 Å². The van der Waals surface area contributed by atoms with Gasteiger partial charge in [0.2, 0.25) is 0 Å². The van der Waals surface area contributed by atoms with E-state index in [9.17, 15) is 9.59 Å². The van der Waals surface area contributed by atoms with Gasteiger partial charge < -0.3 is 15.9 Å². The fourth-order valence-electron chi connectivity index (χ4n) is 1.08. The SMILES string of the molecule is CC(C)(C)N[C@](N)(CC(=O)O)C(=O)O. The predicted molar refractivity (Wildman–Crippen MR) is 49.7 cm³/mol. The molecule has 1 atom stereocenters. The summed E-state index contributed by atoms with van der Waals surface area (Å²) in [4.78, 5) is 21.2. The van der Waals surface area contributed by atoms with Crippen molar-refractivity contribution < 1.29 is 19.8 Å². The van der Waals surface area contributed by atoms with E-state index in [4.69, 9.17) is 15.9 Å². The van der Waals surface area contributed by atoms with Crippen LogP contribution in [0.3, 0.4) is 0 Å². The molecule has 0 aliphatic heterocycles. The minimum Gasteiger partial charge on any atom is -0.481 e. The summed E-state index contributed by atoms with van der Waals surface area (Å²) in [5.41, 5.74) is 2.94. The second-order valence-corrected chi connectivity index (χ2v) is 4.22. The Hall–Kier alpha value is -1.14. The van der Waals surface area contributed by atoms with Crippen LogP contribution < -0.4 is 11.1 Å². The Labute approximate surface area is 82.1 Å².